The Morgan fingerprint density at radius 1 is 1.14 bits per heavy atom. The van der Waals surface area contributed by atoms with Crippen molar-refractivity contribution in [3.05, 3.63) is 33.8 Å². The lowest BCUT2D eigenvalue weighted by Crippen LogP contribution is -2.33. The molecule has 116 valence electrons. The standard InChI is InChI=1S/C14H16Cl2O5/c1-3-20-13(18)11(14(19)21-4-2)12(17)9-6-5-8(15)7-10(9)16/h5-7,11-12,17H,3-4H2,1-2H3. The monoisotopic (exact) mass is 334 g/mol. The average Bonchev–Trinajstić information content (AvgIpc) is 2.39. The fourth-order valence-electron chi connectivity index (χ4n) is 1.74. The average molecular weight is 335 g/mol. The molecule has 5 nitrogen and oxygen atoms in total. The summed E-state index contributed by atoms with van der Waals surface area (Å²) < 4.78 is 9.62. The van der Waals surface area contributed by atoms with E-state index in [1.54, 1.807) is 13.8 Å². The maximum atomic E-state index is 11.9. The van der Waals surface area contributed by atoms with Crippen molar-refractivity contribution >= 4 is 35.1 Å². The highest BCUT2D eigenvalue weighted by atomic mass is 35.5. The van der Waals surface area contributed by atoms with E-state index in [2.05, 4.69) is 0 Å². The summed E-state index contributed by atoms with van der Waals surface area (Å²) in [6.07, 6.45) is -1.48. The van der Waals surface area contributed by atoms with Crippen LogP contribution in [0.15, 0.2) is 18.2 Å². The number of carbonyl (C=O) groups is 2. The molecule has 0 radical (unpaired) electrons. The Morgan fingerprint density at radius 2 is 1.67 bits per heavy atom. The van der Waals surface area contributed by atoms with Gasteiger partial charge in [-0.15, -0.1) is 0 Å². The fourth-order valence-corrected chi connectivity index (χ4v) is 2.26. The highest BCUT2D eigenvalue weighted by Gasteiger charge is 2.38. The third-order valence-electron chi connectivity index (χ3n) is 2.68. The van der Waals surface area contributed by atoms with E-state index < -0.39 is 24.0 Å². The molecule has 0 saturated heterocycles. The Kier molecular flexibility index (Phi) is 6.95. The second-order valence-corrected chi connectivity index (χ2v) is 4.94. The Balaban J connectivity index is 3.11. The van der Waals surface area contributed by atoms with E-state index in [9.17, 15) is 14.7 Å². The third kappa shape index (κ3) is 4.59. The maximum Gasteiger partial charge on any atom is 0.323 e. The smallest absolute Gasteiger partial charge is 0.323 e. The zero-order valence-electron chi connectivity index (χ0n) is 11.6. The van der Waals surface area contributed by atoms with Crippen LogP contribution in [0.4, 0.5) is 0 Å². The van der Waals surface area contributed by atoms with Crippen molar-refractivity contribution in [1.82, 2.24) is 0 Å². The summed E-state index contributed by atoms with van der Waals surface area (Å²) in [5, 5.41) is 10.8. The predicted molar refractivity (Wildman–Crippen MR) is 78.2 cm³/mol. The minimum atomic E-state index is -1.50. The summed E-state index contributed by atoms with van der Waals surface area (Å²) >= 11 is 11.8. The minimum Gasteiger partial charge on any atom is -0.465 e. The molecule has 1 atom stereocenters. The number of aliphatic hydroxyl groups excluding tert-OH is 1. The van der Waals surface area contributed by atoms with Crippen molar-refractivity contribution in [2.45, 2.75) is 20.0 Å². The van der Waals surface area contributed by atoms with Crippen molar-refractivity contribution < 1.29 is 24.2 Å². The topological polar surface area (TPSA) is 72.8 Å². The van der Waals surface area contributed by atoms with Gasteiger partial charge in [0.25, 0.3) is 0 Å². The van der Waals surface area contributed by atoms with Gasteiger partial charge in [0, 0.05) is 15.6 Å². The van der Waals surface area contributed by atoms with E-state index >= 15 is 0 Å². The Labute approximate surface area is 132 Å². The first-order chi connectivity index (χ1) is 9.92. The van der Waals surface area contributed by atoms with Gasteiger partial charge in [-0.2, -0.15) is 0 Å². The van der Waals surface area contributed by atoms with Gasteiger partial charge in [0.15, 0.2) is 5.92 Å². The predicted octanol–water partition coefficient (Wildman–Crippen LogP) is 2.77. The number of halogens is 2. The van der Waals surface area contributed by atoms with E-state index in [-0.39, 0.29) is 23.8 Å². The van der Waals surface area contributed by atoms with Crippen LogP contribution in [-0.4, -0.2) is 30.3 Å². The molecule has 1 N–H and O–H groups in total. The lowest BCUT2D eigenvalue weighted by atomic mass is 9.95. The molecule has 0 bridgehead atoms. The van der Waals surface area contributed by atoms with Gasteiger partial charge in [-0.1, -0.05) is 29.3 Å². The molecule has 1 rings (SSSR count). The van der Waals surface area contributed by atoms with E-state index in [0.29, 0.717) is 5.02 Å². The van der Waals surface area contributed by atoms with Crippen LogP contribution in [0.2, 0.25) is 10.0 Å². The van der Waals surface area contributed by atoms with Crippen molar-refractivity contribution in [3.63, 3.8) is 0 Å². The lowest BCUT2D eigenvalue weighted by molar-refractivity contribution is -0.167. The summed E-state index contributed by atoms with van der Waals surface area (Å²) in [5.74, 6) is -3.23. The van der Waals surface area contributed by atoms with Crippen molar-refractivity contribution in [3.8, 4) is 0 Å². The number of rotatable bonds is 6. The van der Waals surface area contributed by atoms with Gasteiger partial charge >= 0.3 is 11.9 Å². The molecule has 0 spiro atoms. The second kappa shape index (κ2) is 8.22. The number of hydrogen-bond acceptors (Lipinski definition) is 5. The van der Waals surface area contributed by atoms with Crippen LogP contribution in [0, 0.1) is 5.92 Å². The fraction of sp³-hybridized carbons (Fsp3) is 0.429. The van der Waals surface area contributed by atoms with Crippen LogP contribution in [0.25, 0.3) is 0 Å². The summed E-state index contributed by atoms with van der Waals surface area (Å²) in [6.45, 7) is 3.36. The summed E-state index contributed by atoms with van der Waals surface area (Å²) in [4.78, 5) is 23.8. The van der Waals surface area contributed by atoms with Gasteiger partial charge in [0.1, 0.15) is 6.10 Å². The molecule has 0 aliphatic rings. The molecule has 0 aliphatic heterocycles. The Hall–Kier alpha value is -1.30. The lowest BCUT2D eigenvalue weighted by Gasteiger charge is -2.21. The Bertz CT molecular complexity index is 500. The van der Waals surface area contributed by atoms with E-state index in [1.807, 2.05) is 0 Å². The molecule has 0 heterocycles. The molecule has 0 aromatic heterocycles. The first kappa shape index (κ1) is 17.8. The maximum absolute atomic E-state index is 11.9. The normalized spacial score (nSPS) is 12.1. The molecule has 7 heteroatoms. The Morgan fingerprint density at radius 3 is 2.10 bits per heavy atom. The number of benzene rings is 1. The van der Waals surface area contributed by atoms with Gasteiger partial charge in [-0.3, -0.25) is 9.59 Å². The summed E-state index contributed by atoms with van der Waals surface area (Å²) in [6, 6.07) is 4.36. The van der Waals surface area contributed by atoms with Gasteiger partial charge in [-0.05, 0) is 26.0 Å². The third-order valence-corrected chi connectivity index (χ3v) is 3.24. The summed E-state index contributed by atoms with van der Waals surface area (Å²) in [7, 11) is 0. The molecular formula is C14H16Cl2O5. The van der Waals surface area contributed by atoms with E-state index in [4.69, 9.17) is 32.7 Å². The zero-order chi connectivity index (χ0) is 16.0. The molecule has 21 heavy (non-hydrogen) atoms. The van der Waals surface area contributed by atoms with Gasteiger partial charge in [-0.25, -0.2) is 0 Å². The van der Waals surface area contributed by atoms with Crippen molar-refractivity contribution in [2.24, 2.45) is 5.92 Å². The van der Waals surface area contributed by atoms with Gasteiger partial charge < -0.3 is 14.6 Å². The van der Waals surface area contributed by atoms with E-state index in [0.717, 1.165) is 0 Å². The molecular weight excluding hydrogens is 319 g/mol. The molecule has 1 aromatic rings. The van der Waals surface area contributed by atoms with Gasteiger partial charge in [0.2, 0.25) is 0 Å². The first-order valence-electron chi connectivity index (χ1n) is 6.38. The first-order valence-corrected chi connectivity index (χ1v) is 7.14. The van der Waals surface area contributed by atoms with E-state index in [1.165, 1.54) is 18.2 Å². The molecule has 0 saturated carbocycles. The number of hydrogen-bond donors (Lipinski definition) is 1. The van der Waals surface area contributed by atoms with Gasteiger partial charge in [0.05, 0.1) is 13.2 Å². The molecule has 0 fully saturated rings. The largest absolute Gasteiger partial charge is 0.465 e. The number of ether oxygens (including phenoxy) is 2. The summed E-state index contributed by atoms with van der Waals surface area (Å²) in [5.41, 5.74) is 0.201. The zero-order valence-corrected chi connectivity index (χ0v) is 13.1. The van der Waals surface area contributed by atoms with Crippen LogP contribution in [0.1, 0.15) is 25.5 Å². The SMILES string of the molecule is CCOC(=O)C(C(=O)OCC)C(O)c1ccc(Cl)cc1Cl. The number of carbonyl (C=O) groups excluding carboxylic acids is 2. The molecule has 1 aromatic carbocycles. The van der Waals surface area contributed by atoms with Crippen LogP contribution in [0.5, 0.6) is 0 Å². The van der Waals surface area contributed by atoms with Crippen LogP contribution >= 0.6 is 23.2 Å². The number of esters is 2. The van der Waals surface area contributed by atoms with Crippen molar-refractivity contribution in [2.75, 3.05) is 13.2 Å². The van der Waals surface area contributed by atoms with Crippen LogP contribution in [-0.2, 0) is 19.1 Å². The number of aliphatic hydroxyl groups is 1. The van der Waals surface area contributed by atoms with Crippen LogP contribution in [0.3, 0.4) is 0 Å². The van der Waals surface area contributed by atoms with Crippen LogP contribution < -0.4 is 0 Å². The minimum absolute atomic E-state index is 0.0792. The quantitative estimate of drug-likeness (QED) is 0.639. The molecule has 0 amide bonds. The molecule has 0 aliphatic carbocycles. The second-order valence-electron chi connectivity index (χ2n) is 4.09. The van der Waals surface area contributed by atoms with Crippen molar-refractivity contribution in [1.29, 1.82) is 0 Å². The highest BCUT2D eigenvalue weighted by molar-refractivity contribution is 6.35. The molecule has 1 unspecified atom stereocenters. The highest BCUT2D eigenvalue weighted by Crippen LogP contribution is 2.31.